The van der Waals surface area contributed by atoms with Crippen molar-refractivity contribution in [2.24, 2.45) is 0 Å². The Morgan fingerprint density at radius 2 is 1.68 bits per heavy atom. The zero-order valence-electron chi connectivity index (χ0n) is 16.3. The molecule has 4 heteroatoms. The van der Waals surface area contributed by atoms with Crippen LogP contribution < -0.4 is 4.74 Å². The minimum atomic E-state index is 0.136. The molecule has 0 aliphatic carbocycles. The van der Waals surface area contributed by atoms with Crippen LogP contribution in [0.2, 0.25) is 0 Å². The van der Waals surface area contributed by atoms with E-state index in [0.717, 1.165) is 55.8 Å². The molecule has 0 saturated carbocycles. The van der Waals surface area contributed by atoms with Crippen LogP contribution in [0.4, 0.5) is 0 Å². The Kier molecular flexibility index (Phi) is 5.58. The Bertz CT molecular complexity index is 952. The van der Waals surface area contributed by atoms with E-state index in [0.29, 0.717) is 0 Å². The summed E-state index contributed by atoms with van der Waals surface area (Å²) in [6, 6.07) is 22.4. The number of carbonyl (C=O) groups is 1. The topological polar surface area (TPSA) is 32.8 Å². The number of hydrogen-bond donors (Lipinski definition) is 0. The van der Waals surface area contributed by atoms with Crippen molar-refractivity contribution in [3.63, 3.8) is 0 Å². The molecule has 0 radical (unpaired) electrons. The molecule has 4 nitrogen and oxygen atoms in total. The number of nitrogens with zero attached hydrogens (tertiary/aromatic N) is 2. The number of methoxy groups -OCH3 is 1. The standard InChI is InChI=1S/C24H26N2O2/c1-28-23-11-7-19(8-12-23)18-25-13-4-14-26(16-15-25)24(27)22-10-9-20-5-2-3-6-21(20)17-22/h2-3,5-12,17H,4,13-16,18H2,1H3. The van der Waals surface area contributed by atoms with Gasteiger partial charge in [-0.25, -0.2) is 0 Å². The second-order valence-electron chi connectivity index (χ2n) is 7.33. The first-order valence-electron chi connectivity index (χ1n) is 9.86. The second kappa shape index (κ2) is 8.44. The molecule has 0 atom stereocenters. The van der Waals surface area contributed by atoms with Crippen molar-refractivity contribution in [1.29, 1.82) is 0 Å². The number of rotatable bonds is 4. The Hall–Kier alpha value is -2.85. The molecule has 1 fully saturated rings. The maximum Gasteiger partial charge on any atom is 0.253 e. The lowest BCUT2D eigenvalue weighted by atomic mass is 10.1. The first-order valence-corrected chi connectivity index (χ1v) is 9.86. The highest BCUT2D eigenvalue weighted by molar-refractivity contribution is 5.98. The first kappa shape index (κ1) is 18.5. The SMILES string of the molecule is COc1ccc(CN2CCCN(C(=O)c3ccc4ccccc4c3)CC2)cc1. The highest BCUT2D eigenvalue weighted by Gasteiger charge is 2.20. The van der Waals surface area contributed by atoms with E-state index in [1.807, 2.05) is 47.4 Å². The van der Waals surface area contributed by atoms with Gasteiger partial charge in [-0.1, -0.05) is 42.5 Å². The van der Waals surface area contributed by atoms with Gasteiger partial charge in [-0.05, 0) is 47.0 Å². The second-order valence-corrected chi connectivity index (χ2v) is 7.33. The fourth-order valence-corrected chi connectivity index (χ4v) is 3.83. The summed E-state index contributed by atoms with van der Waals surface area (Å²) >= 11 is 0. The van der Waals surface area contributed by atoms with Crippen LogP contribution in [0.15, 0.2) is 66.7 Å². The fourth-order valence-electron chi connectivity index (χ4n) is 3.83. The molecule has 1 aliphatic rings. The fraction of sp³-hybridized carbons (Fsp3) is 0.292. The zero-order chi connectivity index (χ0) is 19.3. The van der Waals surface area contributed by atoms with Crippen LogP contribution >= 0.6 is 0 Å². The third kappa shape index (κ3) is 4.18. The van der Waals surface area contributed by atoms with Crippen molar-refractivity contribution < 1.29 is 9.53 Å². The van der Waals surface area contributed by atoms with Gasteiger partial charge in [0.1, 0.15) is 5.75 Å². The van der Waals surface area contributed by atoms with Crippen molar-refractivity contribution in [3.8, 4) is 5.75 Å². The molecule has 1 saturated heterocycles. The quantitative estimate of drug-likeness (QED) is 0.686. The monoisotopic (exact) mass is 374 g/mol. The third-order valence-electron chi connectivity index (χ3n) is 5.44. The number of amides is 1. The summed E-state index contributed by atoms with van der Waals surface area (Å²) in [7, 11) is 1.69. The van der Waals surface area contributed by atoms with E-state index in [1.54, 1.807) is 7.11 Å². The lowest BCUT2D eigenvalue weighted by Crippen LogP contribution is -2.35. The highest BCUT2D eigenvalue weighted by Crippen LogP contribution is 2.18. The lowest BCUT2D eigenvalue weighted by molar-refractivity contribution is 0.0761. The van der Waals surface area contributed by atoms with Gasteiger partial charge in [0.15, 0.2) is 0 Å². The predicted octanol–water partition coefficient (Wildman–Crippen LogP) is 4.20. The predicted molar refractivity (Wildman–Crippen MR) is 113 cm³/mol. The molecule has 1 aliphatic heterocycles. The smallest absolute Gasteiger partial charge is 0.253 e. The number of ether oxygens (including phenoxy) is 1. The Morgan fingerprint density at radius 1 is 0.893 bits per heavy atom. The van der Waals surface area contributed by atoms with Gasteiger partial charge in [0.25, 0.3) is 5.91 Å². The van der Waals surface area contributed by atoms with Gasteiger partial charge in [-0.2, -0.15) is 0 Å². The molecule has 0 bridgehead atoms. The molecule has 1 heterocycles. The summed E-state index contributed by atoms with van der Waals surface area (Å²) in [5.74, 6) is 1.02. The number of benzene rings is 3. The summed E-state index contributed by atoms with van der Waals surface area (Å²) in [6.07, 6.45) is 0.996. The van der Waals surface area contributed by atoms with E-state index in [-0.39, 0.29) is 5.91 Å². The molecular formula is C24H26N2O2. The van der Waals surface area contributed by atoms with Crippen molar-refractivity contribution in [2.45, 2.75) is 13.0 Å². The molecule has 3 aromatic carbocycles. The maximum absolute atomic E-state index is 13.0. The van der Waals surface area contributed by atoms with Gasteiger partial charge in [0, 0.05) is 38.3 Å². The zero-order valence-corrected chi connectivity index (χ0v) is 16.3. The Morgan fingerprint density at radius 3 is 2.46 bits per heavy atom. The van der Waals surface area contributed by atoms with Crippen molar-refractivity contribution in [2.75, 3.05) is 33.3 Å². The average molecular weight is 374 g/mol. The normalized spacial score (nSPS) is 15.4. The van der Waals surface area contributed by atoms with Crippen LogP contribution in [0.5, 0.6) is 5.75 Å². The molecule has 0 unspecified atom stereocenters. The summed E-state index contributed by atoms with van der Waals surface area (Å²) < 4.78 is 5.23. The summed E-state index contributed by atoms with van der Waals surface area (Å²) in [4.78, 5) is 17.4. The minimum Gasteiger partial charge on any atom is -0.497 e. The number of fused-ring (bicyclic) bond motifs is 1. The molecule has 0 spiro atoms. The molecule has 28 heavy (non-hydrogen) atoms. The molecule has 144 valence electrons. The first-order chi connectivity index (χ1) is 13.7. The summed E-state index contributed by atoms with van der Waals surface area (Å²) in [6.45, 7) is 4.38. The molecule has 4 rings (SSSR count). The van der Waals surface area contributed by atoms with E-state index in [1.165, 1.54) is 10.9 Å². The van der Waals surface area contributed by atoms with E-state index in [9.17, 15) is 4.79 Å². The Labute approximate surface area is 166 Å². The molecular weight excluding hydrogens is 348 g/mol. The van der Waals surface area contributed by atoms with Crippen LogP contribution in [-0.2, 0) is 6.54 Å². The summed E-state index contributed by atoms with van der Waals surface area (Å²) in [5, 5.41) is 2.28. The maximum atomic E-state index is 13.0. The van der Waals surface area contributed by atoms with Crippen LogP contribution in [0, 0.1) is 0 Å². The average Bonchev–Trinajstić information content (AvgIpc) is 2.99. The van der Waals surface area contributed by atoms with Crippen molar-refractivity contribution in [1.82, 2.24) is 9.80 Å². The molecule has 0 N–H and O–H groups in total. The Balaban J connectivity index is 1.40. The molecule has 0 aromatic heterocycles. The van der Waals surface area contributed by atoms with Gasteiger partial charge >= 0.3 is 0 Å². The van der Waals surface area contributed by atoms with E-state index < -0.39 is 0 Å². The summed E-state index contributed by atoms with van der Waals surface area (Å²) in [5.41, 5.74) is 2.05. The van der Waals surface area contributed by atoms with Crippen molar-refractivity contribution in [3.05, 3.63) is 77.9 Å². The van der Waals surface area contributed by atoms with Crippen LogP contribution in [0.3, 0.4) is 0 Å². The largest absolute Gasteiger partial charge is 0.497 e. The van der Waals surface area contributed by atoms with E-state index in [4.69, 9.17) is 4.74 Å². The van der Waals surface area contributed by atoms with Gasteiger partial charge in [0.2, 0.25) is 0 Å². The molecule has 3 aromatic rings. The minimum absolute atomic E-state index is 0.136. The highest BCUT2D eigenvalue weighted by atomic mass is 16.5. The van der Waals surface area contributed by atoms with Crippen LogP contribution in [0.25, 0.3) is 10.8 Å². The van der Waals surface area contributed by atoms with E-state index in [2.05, 4.69) is 29.2 Å². The van der Waals surface area contributed by atoms with Gasteiger partial charge in [0.05, 0.1) is 7.11 Å². The van der Waals surface area contributed by atoms with Gasteiger partial charge < -0.3 is 9.64 Å². The number of hydrogen-bond acceptors (Lipinski definition) is 3. The van der Waals surface area contributed by atoms with Crippen molar-refractivity contribution >= 4 is 16.7 Å². The van der Waals surface area contributed by atoms with Crippen LogP contribution in [0.1, 0.15) is 22.3 Å². The molecule has 1 amide bonds. The third-order valence-corrected chi connectivity index (χ3v) is 5.44. The van der Waals surface area contributed by atoms with Gasteiger partial charge in [-0.3, -0.25) is 9.69 Å². The van der Waals surface area contributed by atoms with Gasteiger partial charge in [-0.15, -0.1) is 0 Å². The van der Waals surface area contributed by atoms with Crippen LogP contribution in [-0.4, -0.2) is 49.0 Å². The van der Waals surface area contributed by atoms with E-state index >= 15 is 0 Å². The lowest BCUT2D eigenvalue weighted by Gasteiger charge is -2.22. The number of carbonyl (C=O) groups excluding carboxylic acids is 1.